The second-order valence-corrected chi connectivity index (χ2v) is 8.95. The van der Waals surface area contributed by atoms with Gasteiger partial charge in [0.25, 0.3) is 0 Å². The van der Waals surface area contributed by atoms with E-state index in [1.54, 1.807) is 11.2 Å². The van der Waals surface area contributed by atoms with Crippen LogP contribution < -0.4 is 0 Å². The number of likely N-dealkylation sites (tertiary alicyclic amines) is 1. The predicted molar refractivity (Wildman–Crippen MR) is 84.8 cm³/mol. The van der Waals surface area contributed by atoms with Crippen LogP contribution in [0.4, 0.5) is 0 Å². The molecule has 0 N–H and O–H groups in total. The molecule has 1 aromatic carbocycles. The molecule has 116 valence electrons. The highest BCUT2D eigenvalue weighted by Gasteiger charge is 2.49. The normalized spacial score (nSPS) is 22.6. The average molecular weight is 329 g/mol. The number of rotatable bonds is 4. The Balaban J connectivity index is 1.55. The fourth-order valence-electron chi connectivity index (χ4n) is 3.43. The van der Waals surface area contributed by atoms with Gasteiger partial charge in [-0.05, 0) is 31.0 Å². The molecule has 2 fully saturated rings. The molecule has 0 amide bonds. The Morgan fingerprint density at radius 1 is 1.19 bits per heavy atom. The van der Waals surface area contributed by atoms with Crippen LogP contribution in [0.25, 0.3) is 0 Å². The summed E-state index contributed by atoms with van der Waals surface area (Å²) in [7, 11) is -3.03. The Labute approximate surface area is 131 Å². The zero-order valence-electron chi connectivity index (χ0n) is 12.3. The molecule has 2 aliphatic heterocycles. The minimum atomic E-state index is -3.03. The average Bonchev–Trinajstić information content (AvgIpc) is 2.87. The predicted octanol–water partition coefficient (Wildman–Crippen LogP) is 2.20. The van der Waals surface area contributed by atoms with Crippen molar-refractivity contribution in [1.82, 2.24) is 9.21 Å². The summed E-state index contributed by atoms with van der Waals surface area (Å²) in [5, 5.41) is 0.759. The van der Waals surface area contributed by atoms with Gasteiger partial charge in [-0.2, -0.15) is 0 Å². The smallest absolute Gasteiger partial charge is 0.213 e. The lowest BCUT2D eigenvalue weighted by molar-refractivity contribution is 0.00652. The molecule has 1 aromatic rings. The molecule has 2 aliphatic rings. The topological polar surface area (TPSA) is 40.6 Å². The van der Waals surface area contributed by atoms with Gasteiger partial charge in [-0.1, -0.05) is 23.7 Å². The lowest BCUT2D eigenvalue weighted by Crippen LogP contribution is -2.57. The van der Waals surface area contributed by atoms with Crippen molar-refractivity contribution in [2.45, 2.75) is 19.9 Å². The summed E-state index contributed by atoms with van der Waals surface area (Å²) in [6.45, 7) is 6.00. The first-order valence-electron chi connectivity index (χ1n) is 7.37. The van der Waals surface area contributed by atoms with E-state index in [2.05, 4.69) is 17.0 Å². The van der Waals surface area contributed by atoms with Crippen LogP contribution in [0.1, 0.15) is 18.9 Å². The molecule has 0 bridgehead atoms. The van der Waals surface area contributed by atoms with Crippen molar-refractivity contribution in [3.63, 3.8) is 0 Å². The lowest BCUT2D eigenvalue weighted by atomic mass is 9.79. The number of hydrogen-bond acceptors (Lipinski definition) is 3. The van der Waals surface area contributed by atoms with E-state index in [0.29, 0.717) is 13.1 Å². The van der Waals surface area contributed by atoms with Gasteiger partial charge in [0.1, 0.15) is 0 Å². The van der Waals surface area contributed by atoms with E-state index in [9.17, 15) is 8.42 Å². The highest BCUT2D eigenvalue weighted by atomic mass is 35.5. The fourth-order valence-corrected chi connectivity index (χ4v) is 4.77. The van der Waals surface area contributed by atoms with Crippen molar-refractivity contribution in [1.29, 1.82) is 0 Å². The summed E-state index contributed by atoms with van der Waals surface area (Å²) in [5.41, 5.74) is 1.44. The lowest BCUT2D eigenvalue weighted by Gasteiger charge is -2.48. The van der Waals surface area contributed by atoms with Gasteiger partial charge in [-0.15, -0.1) is 0 Å². The standard InChI is InChI=1S/C15H21ClN2O2S/c1-2-21(19,20)18-8-7-15(12-18)10-17(11-15)9-13-3-5-14(16)6-4-13/h3-6H,2,7-12H2,1H3. The van der Waals surface area contributed by atoms with Crippen molar-refractivity contribution in [3.05, 3.63) is 34.9 Å². The van der Waals surface area contributed by atoms with Gasteiger partial charge in [0.15, 0.2) is 0 Å². The Bertz CT molecular complexity index is 609. The van der Waals surface area contributed by atoms with Gasteiger partial charge in [0.2, 0.25) is 10.0 Å². The molecule has 0 unspecified atom stereocenters. The molecule has 0 radical (unpaired) electrons. The quantitative estimate of drug-likeness (QED) is 0.850. The highest BCUT2D eigenvalue weighted by molar-refractivity contribution is 7.89. The van der Waals surface area contributed by atoms with Crippen molar-refractivity contribution in [2.24, 2.45) is 5.41 Å². The van der Waals surface area contributed by atoms with E-state index in [1.807, 2.05) is 12.1 Å². The summed E-state index contributed by atoms with van der Waals surface area (Å²) < 4.78 is 25.5. The molecule has 2 heterocycles. The molecular formula is C15H21ClN2O2S. The Kier molecular flexibility index (Phi) is 4.03. The maximum absolute atomic E-state index is 11.9. The van der Waals surface area contributed by atoms with Crippen LogP contribution >= 0.6 is 11.6 Å². The van der Waals surface area contributed by atoms with E-state index in [-0.39, 0.29) is 11.2 Å². The van der Waals surface area contributed by atoms with Gasteiger partial charge in [0.05, 0.1) is 5.75 Å². The van der Waals surface area contributed by atoms with E-state index < -0.39 is 10.0 Å². The Hall–Kier alpha value is -0.620. The summed E-state index contributed by atoms with van der Waals surface area (Å²) in [6, 6.07) is 7.93. The van der Waals surface area contributed by atoms with E-state index in [1.165, 1.54) is 5.56 Å². The van der Waals surface area contributed by atoms with Gasteiger partial charge in [-0.3, -0.25) is 4.90 Å². The largest absolute Gasteiger partial charge is 0.298 e. The molecule has 3 rings (SSSR count). The van der Waals surface area contributed by atoms with Crippen LogP contribution in [0, 0.1) is 5.41 Å². The first kappa shape index (κ1) is 15.3. The maximum Gasteiger partial charge on any atom is 0.213 e. The van der Waals surface area contributed by atoms with Crippen LogP contribution in [0.15, 0.2) is 24.3 Å². The second-order valence-electron chi connectivity index (χ2n) is 6.26. The highest BCUT2D eigenvalue weighted by Crippen LogP contribution is 2.41. The molecule has 21 heavy (non-hydrogen) atoms. The van der Waals surface area contributed by atoms with Crippen LogP contribution in [0.3, 0.4) is 0 Å². The Morgan fingerprint density at radius 3 is 2.48 bits per heavy atom. The molecule has 0 atom stereocenters. The van der Waals surface area contributed by atoms with E-state index in [4.69, 9.17) is 11.6 Å². The minimum absolute atomic E-state index is 0.189. The SMILES string of the molecule is CCS(=O)(=O)N1CCC2(CN(Cc3ccc(Cl)cc3)C2)C1. The van der Waals surface area contributed by atoms with E-state index >= 15 is 0 Å². The van der Waals surface area contributed by atoms with Gasteiger partial charge in [-0.25, -0.2) is 12.7 Å². The minimum Gasteiger partial charge on any atom is -0.298 e. The zero-order valence-corrected chi connectivity index (χ0v) is 13.8. The number of nitrogens with zero attached hydrogens (tertiary/aromatic N) is 2. The molecule has 0 aliphatic carbocycles. The third-order valence-electron chi connectivity index (χ3n) is 4.60. The number of halogens is 1. The molecule has 0 saturated carbocycles. The van der Waals surface area contributed by atoms with Gasteiger partial charge < -0.3 is 0 Å². The van der Waals surface area contributed by atoms with Crippen LogP contribution in [0.2, 0.25) is 5.02 Å². The molecule has 4 nitrogen and oxygen atoms in total. The summed E-state index contributed by atoms with van der Waals surface area (Å²) in [4.78, 5) is 2.38. The van der Waals surface area contributed by atoms with Crippen molar-refractivity contribution in [3.8, 4) is 0 Å². The van der Waals surface area contributed by atoms with Crippen molar-refractivity contribution >= 4 is 21.6 Å². The maximum atomic E-state index is 11.9. The fraction of sp³-hybridized carbons (Fsp3) is 0.600. The molecule has 1 spiro atoms. The number of benzene rings is 1. The molecular weight excluding hydrogens is 308 g/mol. The Morgan fingerprint density at radius 2 is 1.86 bits per heavy atom. The third kappa shape index (κ3) is 3.11. The summed E-state index contributed by atoms with van der Waals surface area (Å²) in [5.74, 6) is 0.206. The molecule has 6 heteroatoms. The molecule has 2 saturated heterocycles. The monoisotopic (exact) mass is 328 g/mol. The summed E-state index contributed by atoms with van der Waals surface area (Å²) in [6.07, 6.45) is 0.989. The number of sulfonamides is 1. The third-order valence-corrected chi connectivity index (χ3v) is 6.68. The van der Waals surface area contributed by atoms with Crippen molar-refractivity contribution in [2.75, 3.05) is 31.9 Å². The number of hydrogen-bond donors (Lipinski definition) is 0. The zero-order chi connectivity index (χ0) is 15.1. The first-order valence-corrected chi connectivity index (χ1v) is 9.36. The van der Waals surface area contributed by atoms with Gasteiger partial charge >= 0.3 is 0 Å². The summed E-state index contributed by atoms with van der Waals surface area (Å²) >= 11 is 5.89. The first-order chi connectivity index (χ1) is 9.92. The van der Waals surface area contributed by atoms with Crippen LogP contribution in [0.5, 0.6) is 0 Å². The van der Waals surface area contributed by atoms with Crippen LogP contribution in [-0.2, 0) is 16.6 Å². The van der Waals surface area contributed by atoms with Gasteiger partial charge in [0, 0.05) is 43.2 Å². The second kappa shape index (κ2) is 5.54. The molecule has 0 aromatic heterocycles. The van der Waals surface area contributed by atoms with Crippen molar-refractivity contribution < 1.29 is 8.42 Å². The van der Waals surface area contributed by atoms with E-state index in [0.717, 1.165) is 31.1 Å². The van der Waals surface area contributed by atoms with Crippen LogP contribution in [-0.4, -0.2) is 49.6 Å².